The molecule has 25 heavy (non-hydrogen) atoms. The first kappa shape index (κ1) is 23.9. The van der Waals surface area contributed by atoms with Crippen LogP contribution in [-0.2, 0) is 9.53 Å². The Bertz CT molecular complexity index is 346. The molecule has 0 saturated heterocycles. The summed E-state index contributed by atoms with van der Waals surface area (Å²) in [7, 11) is 0. The van der Waals surface area contributed by atoms with Crippen molar-refractivity contribution in [2.24, 2.45) is 0 Å². The molecule has 0 aromatic carbocycles. The van der Waals surface area contributed by atoms with Gasteiger partial charge in [0.25, 0.3) is 0 Å². The molecule has 0 aliphatic heterocycles. The third-order valence-electron chi connectivity index (χ3n) is 4.04. The number of carbonyl (C=O) groups is 1. The van der Waals surface area contributed by atoms with Crippen LogP contribution in [0.2, 0.25) is 0 Å². The van der Waals surface area contributed by atoms with Gasteiger partial charge in [0.15, 0.2) is 0 Å². The van der Waals surface area contributed by atoms with Crippen LogP contribution in [0.15, 0.2) is 24.3 Å². The molecule has 0 saturated carbocycles. The molecule has 0 aromatic heterocycles. The molecule has 0 heterocycles. The number of hydrogen-bond donors (Lipinski definition) is 2. The maximum atomic E-state index is 11.4. The quantitative estimate of drug-likeness (QED) is 0.226. The second-order valence-electron chi connectivity index (χ2n) is 6.46. The third kappa shape index (κ3) is 17.5. The number of allylic oxidation sites excluding steroid dienone is 4. The van der Waals surface area contributed by atoms with Gasteiger partial charge in [-0.3, -0.25) is 4.79 Å². The Morgan fingerprint density at radius 3 is 2.00 bits per heavy atom. The van der Waals surface area contributed by atoms with Crippen LogP contribution in [-0.4, -0.2) is 35.5 Å². The fraction of sp³-hybridized carbons (Fsp3) is 0.762. The summed E-state index contributed by atoms with van der Waals surface area (Å²) in [6, 6.07) is 0. The zero-order chi connectivity index (χ0) is 18.6. The average Bonchev–Trinajstić information content (AvgIpc) is 2.62. The van der Waals surface area contributed by atoms with Crippen molar-refractivity contribution < 1.29 is 19.7 Å². The minimum atomic E-state index is -0.773. The SMILES string of the molecule is CCCCC/C=C\C/C=C\CCCCCCCC(=O)OC(CO)CO. The highest BCUT2D eigenvalue weighted by atomic mass is 16.6. The predicted molar refractivity (Wildman–Crippen MR) is 103 cm³/mol. The molecule has 146 valence electrons. The van der Waals surface area contributed by atoms with Gasteiger partial charge in [-0.25, -0.2) is 0 Å². The van der Waals surface area contributed by atoms with Crippen molar-refractivity contribution in [3.05, 3.63) is 24.3 Å². The molecule has 0 fully saturated rings. The Balaban J connectivity index is 3.35. The number of aliphatic hydroxyl groups excluding tert-OH is 2. The van der Waals surface area contributed by atoms with Gasteiger partial charge in [-0.15, -0.1) is 0 Å². The lowest BCUT2D eigenvalue weighted by molar-refractivity contribution is -0.153. The molecule has 4 heteroatoms. The largest absolute Gasteiger partial charge is 0.457 e. The Morgan fingerprint density at radius 2 is 1.40 bits per heavy atom. The molecule has 0 bridgehead atoms. The van der Waals surface area contributed by atoms with Crippen molar-refractivity contribution in [2.75, 3.05) is 13.2 Å². The summed E-state index contributed by atoms with van der Waals surface area (Å²) < 4.78 is 4.91. The van der Waals surface area contributed by atoms with Crippen LogP contribution in [0.1, 0.15) is 84.0 Å². The van der Waals surface area contributed by atoms with Gasteiger partial charge in [-0.1, -0.05) is 63.3 Å². The zero-order valence-electron chi connectivity index (χ0n) is 16.0. The molecule has 2 N–H and O–H groups in total. The molecule has 0 atom stereocenters. The van der Waals surface area contributed by atoms with E-state index in [4.69, 9.17) is 14.9 Å². The van der Waals surface area contributed by atoms with Gasteiger partial charge in [0.2, 0.25) is 0 Å². The number of unbranched alkanes of at least 4 members (excludes halogenated alkanes) is 8. The minimum Gasteiger partial charge on any atom is -0.457 e. The van der Waals surface area contributed by atoms with Gasteiger partial charge in [0, 0.05) is 6.42 Å². The third-order valence-corrected chi connectivity index (χ3v) is 4.04. The first-order chi connectivity index (χ1) is 12.2. The lowest BCUT2D eigenvalue weighted by Crippen LogP contribution is -2.25. The zero-order valence-corrected chi connectivity index (χ0v) is 16.0. The highest BCUT2D eigenvalue weighted by molar-refractivity contribution is 5.69. The number of ether oxygens (including phenoxy) is 1. The van der Waals surface area contributed by atoms with Gasteiger partial charge in [-0.2, -0.15) is 0 Å². The van der Waals surface area contributed by atoms with Crippen LogP contribution in [0.4, 0.5) is 0 Å². The molecule has 0 aliphatic rings. The fourth-order valence-corrected chi connectivity index (χ4v) is 2.46. The summed E-state index contributed by atoms with van der Waals surface area (Å²) in [4.78, 5) is 11.4. The maximum absolute atomic E-state index is 11.4. The molecular weight excluding hydrogens is 316 g/mol. The van der Waals surface area contributed by atoms with E-state index >= 15 is 0 Å². The molecule has 0 aromatic rings. The fourth-order valence-electron chi connectivity index (χ4n) is 2.46. The van der Waals surface area contributed by atoms with Crippen molar-refractivity contribution >= 4 is 5.97 Å². The molecule has 0 unspecified atom stereocenters. The van der Waals surface area contributed by atoms with E-state index in [1.807, 2.05) is 0 Å². The van der Waals surface area contributed by atoms with E-state index in [0.717, 1.165) is 32.1 Å². The van der Waals surface area contributed by atoms with E-state index in [-0.39, 0.29) is 19.2 Å². The van der Waals surface area contributed by atoms with Crippen molar-refractivity contribution in [1.82, 2.24) is 0 Å². The van der Waals surface area contributed by atoms with Crippen LogP contribution in [0.5, 0.6) is 0 Å². The van der Waals surface area contributed by atoms with Crippen LogP contribution < -0.4 is 0 Å². The number of aliphatic hydroxyl groups is 2. The normalized spacial score (nSPS) is 11.8. The number of hydrogen-bond acceptors (Lipinski definition) is 4. The molecule has 4 nitrogen and oxygen atoms in total. The van der Waals surface area contributed by atoms with Crippen molar-refractivity contribution in [1.29, 1.82) is 0 Å². The second kappa shape index (κ2) is 19.2. The Morgan fingerprint density at radius 1 is 0.840 bits per heavy atom. The van der Waals surface area contributed by atoms with E-state index in [0.29, 0.717) is 6.42 Å². The van der Waals surface area contributed by atoms with Crippen LogP contribution in [0.25, 0.3) is 0 Å². The van der Waals surface area contributed by atoms with Gasteiger partial charge in [0.1, 0.15) is 6.10 Å². The van der Waals surface area contributed by atoms with Crippen LogP contribution in [0.3, 0.4) is 0 Å². The Kier molecular flexibility index (Phi) is 18.3. The van der Waals surface area contributed by atoms with Gasteiger partial charge in [-0.05, 0) is 38.5 Å². The Hall–Kier alpha value is -1.13. The molecular formula is C21H38O4. The standard InChI is InChI=1S/C21H38O4/c1-2-3-4-5-6-7-8-9-10-11-12-13-14-15-16-17-21(24)25-20(18-22)19-23/h6-7,9-10,20,22-23H,2-5,8,11-19H2,1H3/b7-6-,10-9-. The topological polar surface area (TPSA) is 66.8 Å². The molecule has 0 amide bonds. The lowest BCUT2D eigenvalue weighted by atomic mass is 10.1. The second-order valence-corrected chi connectivity index (χ2v) is 6.46. The van der Waals surface area contributed by atoms with E-state index in [1.165, 1.54) is 38.5 Å². The molecule has 0 rings (SSSR count). The van der Waals surface area contributed by atoms with Gasteiger partial charge in [0.05, 0.1) is 13.2 Å². The number of esters is 1. The first-order valence-electron chi connectivity index (χ1n) is 9.95. The van der Waals surface area contributed by atoms with E-state index < -0.39 is 6.10 Å². The maximum Gasteiger partial charge on any atom is 0.306 e. The summed E-state index contributed by atoms with van der Waals surface area (Å²) in [5.41, 5.74) is 0. The predicted octanol–water partition coefficient (Wildman–Crippen LogP) is 4.70. The average molecular weight is 355 g/mol. The van der Waals surface area contributed by atoms with Crippen LogP contribution in [0, 0.1) is 0 Å². The van der Waals surface area contributed by atoms with Crippen molar-refractivity contribution in [2.45, 2.75) is 90.1 Å². The first-order valence-corrected chi connectivity index (χ1v) is 9.95. The molecule has 0 spiro atoms. The highest BCUT2D eigenvalue weighted by Crippen LogP contribution is 2.09. The molecule has 0 aliphatic carbocycles. The summed E-state index contributed by atoms with van der Waals surface area (Å²) >= 11 is 0. The monoisotopic (exact) mass is 354 g/mol. The minimum absolute atomic E-state index is 0.329. The summed E-state index contributed by atoms with van der Waals surface area (Å²) in [5.74, 6) is -0.334. The van der Waals surface area contributed by atoms with E-state index in [9.17, 15) is 4.79 Å². The molecule has 0 radical (unpaired) electrons. The summed E-state index contributed by atoms with van der Waals surface area (Å²) in [5, 5.41) is 17.7. The van der Waals surface area contributed by atoms with E-state index in [2.05, 4.69) is 31.2 Å². The van der Waals surface area contributed by atoms with Crippen LogP contribution >= 0.6 is 0 Å². The Labute approximate surface area is 154 Å². The van der Waals surface area contributed by atoms with Crippen molar-refractivity contribution in [3.63, 3.8) is 0 Å². The summed E-state index contributed by atoms with van der Waals surface area (Å²) in [6.45, 7) is 1.57. The lowest BCUT2D eigenvalue weighted by Gasteiger charge is -2.12. The van der Waals surface area contributed by atoms with Gasteiger partial charge < -0.3 is 14.9 Å². The number of carbonyl (C=O) groups excluding carboxylic acids is 1. The smallest absolute Gasteiger partial charge is 0.306 e. The summed E-state index contributed by atoms with van der Waals surface area (Å²) in [6.07, 6.45) is 21.2. The van der Waals surface area contributed by atoms with E-state index in [1.54, 1.807) is 0 Å². The highest BCUT2D eigenvalue weighted by Gasteiger charge is 2.11. The van der Waals surface area contributed by atoms with Gasteiger partial charge >= 0.3 is 5.97 Å². The van der Waals surface area contributed by atoms with Crippen molar-refractivity contribution in [3.8, 4) is 0 Å². The number of rotatable bonds is 17.